The summed E-state index contributed by atoms with van der Waals surface area (Å²) in [6.45, 7) is 1.03. The lowest BCUT2D eigenvalue weighted by atomic mass is 10.2. The molecule has 0 N–H and O–H groups in total. The second-order valence-electron chi connectivity index (χ2n) is 5.73. The van der Waals surface area contributed by atoms with Crippen LogP contribution in [0.25, 0.3) is 0 Å². The van der Waals surface area contributed by atoms with Crippen molar-refractivity contribution in [2.75, 3.05) is 0 Å². The van der Waals surface area contributed by atoms with Crippen LogP contribution in [0.1, 0.15) is 23.0 Å². The standard InChI is InChI=1S/C21H22NO2/c1-22-14-8-13-20(15-22)21(23-16-18-9-4-2-5-10-18)24-17-19-11-6-3-7-12-19/h2-15,21H,16-17H2,1H3/q+1. The lowest BCUT2D eigenvalue weighted by molar-refractivity contribution is -0.672. The Bertz CT molecular complexity index is 701. The lowest BCUT2D eigenvalue weighted by Crippen LogP contribution is -2.28. The Balaban J connectivity index is 1.70. The smallest absolute Gasteiger partial charge is 0.190 e. The quantitative estimate of drug-likeness (QED) is 0.486. The highest BCUT2D eigenvalue weighted by Crippen LogP contribution is 2.21. The van der Waals surface area contributed by atoms with Crippen molar-refractivity contribution in [1.29, 1.82) is 0 Å². The first-order valence-electron chi connectivity index (χ1n) is 8.07. The zero-order chi connectivity index (χ0) is 16.6. The van der Waals surface area contributed by atoms with E-state index in [1.165, 1.54) is 0 Å². The first-order chi connectivity index (χ1) is 11.8. The zero-order valence-electron chi connectivity index (χ0n) is 13.8. The monoisotopic (exact) mass is 320 g/mol. The van der Waals surface area contributed by atoms with E-state index in [1.54, 1.807) is 0 Å². The van der Waals surface area contributed by atoms with Gasteiger partial charge in [0.2, 0.25) is 0 Å². The summed E-state index contributed by atoms with van der Waals surface area (Å²) in [4.78, 5) is 0. The van der Waals surface area contributed by atoms with Gasteiger partial charge in [0, 0.05) is 6.07 Å². The van der Waals surface area contributed by atoms with Crippen molar-refractivity contribution in [1.82, 2.24) is 0 Å². The van der Waals surface area contributed by atoms with Crippen molar-refractivity contribution in [3.05, 3.63) is 102 Å². The van der Waals surface area contributed by atoms with Crippen LogP contribution in [0.4, 0.5) is 0 Å². The predicted molar refractivity (Wildman–Crippen MR) is 92.8 cm³/mol. The van der Waals surface area contributed by atoms with Crippen molar-refractivity contribution in [3.8, 4) is 0 Å². The molecule has 1 heterocycles. The summed E-state index contributed by atoms with van der Waals surface area (Å²) in [6.07, 6.45) is 3.62. The van der Waals surface area contributed by atoms with Crippen molar-refractivity contribution < 1.29 is 14.0 Å². The van der Waals surface area contributed by atoms with Crippen LogP contribution < -0.4 is 4.57 Å². The number of ether oxygens (including phenoxy) is 2. The van der Waals surface area contributed by atoms with E-state index >= 15 is 0 Å². The summed E-state index contributed by atoms with van der Waals surface area (Å²) < 4.78 is 14.1. The molecule has 0 saturated heterocycles. The van der Waals surface area contributed by atoms with E-state index in [0.717, 1.165) is 16.7 Å². The number of nitrogens with zero attached hydrogens (tertiary/aromatic N) is 1. The van der Waals surface area contributed by atoms with E-state index in [2.05, 4.69) is 24.3 Å². The Morgan fingerprint density at radius 3 is 1.79 bits per heavy atom. The van der Waals surface area contributed by atoms with Gasteiger partial charge >= 0.3 is 0 Å². The number of hydrogen-bond acceptors (Lipinski definition) is 2. The summed E-state index contributed by atoms with van der Waals surface area (Å²) in [5.74, 6) is 0. The van der Waals surface area contributed by atoms with Gasteiger partial charge in [-0.2, -0.15) is 0 Å². The Morgan fingerprint density at radius 2 is 1.29 bits per heavy atom. The van der Waals surface area contributed by atoms with E-state index in [0.29, 0.717) is 13.2 Å². The number of benzene rings is 2. The third-order valence-electron chi connectivity index (χ3n) is 3.72. The molecule has 0 atom stereocenters. The fourth-order valence-corrected chi connectivity index (χ4v) is 2.48. The van der Waals surface area contributed by atoms with E-state index < -0.39 is 6.29 Å². The van der Waals surface area contributed by atoms with Gasteiger partial charge in [0.05, 0.1) is 18.8 Å². The van der Waals surface area contributed by atoms with Crippen LogP contribution in [0.2, 0.25) is 0 Å². The molecule has 122 valence electrons. The van der Waals surface area contributed by atoms with Crippen LogP contribution in [-0.4, -0.2) is 0 Å². The first-order valence-corrected chi connectivity index (χ1v) is 8.07. The molecule has 0 fully saturated rings. The maximum Gasteiger partial charge on any atom is 0.190 e. The maximum absolute atomic E-state index is 6.06. The normalized spacial score (nSPS) is 10.9. The molecule has 3 nitrogen and oxygen atoms in total. The molecule has 0 bridgehead atoms. The molecule has 2 aromatic carbocycles. The van der Waals surface area contributed by atoms with Gasteiger partial charge in [-0.25, -0.2) is 4.57 Å². The Labute approximate surface area is 143 Å². The van der Waals surface area contributed by atoms with Crippen molar-refractivity contribution >= 4 is 0 Å². The zero-order valence-corrected chi connectivity index (χ0v) is 13.8. The highest BCUT2D eigenvalue weighted by molar-refractivity contribution is 5.15. The van der Waals surface area contributed by atoms with Gasteiger partial charge in [0.25, 0.3) is 0 Å². The Morgan fingerprint density at radius 1 is 0.750 bits per heavy atom. The molecular formula is C21H22NO2+. The van der Waals surface area contributed by atoms with Gasteiger partial charge in [-0.1, -0.05) is 60.7 Å². The third kappa shape index (κ3) is 4.75. The van der Waals surface area contributed by atoms with Crippen LogP contribution in [0.5, 0.6) is 0 Å². The number of hydrogen-bond donors (Lipinski definition) is 0. The molecule has 0 spiro atoms. The molecule has 0 unspecified atom stereocenters. The molecule has 0 aliphatic heterocycles. The van der Waals surface area contributed by atoms with Gasteiger partial charge in [0.1, 0.15) is 7.05 Å². The molecule has 3 rings (SSSR count). The molecule has 1 aromatic heterocycles. The molecule has 0 amide bonds. The number of aromatic nitrogens is 1. The van der Waals surface area contributed by atoms with E-state index in [4.69, 9.17) is 9.47 Å². The SMILES string of the molecule is C[n+]1cccc(C(OCc2ccccc2)OCc2ccccc2)c1. The highest BCUT2D eigenvalue weighted by atomic mass is 16.7. The van der Waals surface area contributed by atoms with Crippen LogP contribution in [0.3, 0.4) is 0 Å². The summed E-state index contributed by atoms with van der Waals surface area (Å²) >= 11 is 0. The lowest BCUT2D eigenvalue weighted by Gasteiger charge is -2.18. The molecule has 24 heavy (non-hydrogen) atoms. The van der Waals surface area contributed by atoms with Gasteiger partial charge in [-0.3, -0.25) is 0 Å². The van der Waals surface area contributed by atoms with Gasteiger partial charge in [-0.15, -0.1) is 0 Å². The van der Waals surface area contributed by atoms with E-state index in [1.807, 2.05) is 72.5 Å². The third-order valence-corrected chi connectivity index (χ3v) is 3.72. The molecule has 0 radical (unpaired) electrons. The fraction of sp³-hybridized carbons (Fsp3) is 0.190. The minimum Gasteiger partial charge on any atom is -0.343 e. The number of aryl methyl sites for hydroxylation is 1. The molecule has 0 aliphatic rings. The summed E-state index contributed by atoms with van der Waals surface area (Å²) in [5, 5.41) is 0. The molecule has 3 heteroatoms. The summed E-state index contributed by atoms with van der Waals surface area (Å²) in [5.41, 5.74) is 3.27. The van der Waals surface area contributed by atoms with E-state index in [9.17, 15) is 0 Å². The topological polar surface area (TPSA) is 22.3 Å². The molecular weight excluding hydrogens is 298 g/mol. The molecule has 0 saturated carbocycles. The van der Waals surface area contributed by atoms with Crippen molar-refractivity contribution in [2.45, 2.75) is 19.5 Å². The van der Waals surface area contributed by atoms with E-state index in [-0.39, 0.29) is 0 Å². The average molecular weight is 320 g/mol. The van der Waals surface area contributed by atoms with Crippen LogP contribution in [0.15, 0.2) is 85.2 Å². The fourth-order valence-electron chi connectivity index (χ4n) is 2.48. The Hall–Kier alpha value is -2.49. The van der Waals surface area contributed by atoms with Crippen LogP contribution >= 0.6 is 0 Å². The van der Waals surface area contributed by atoms with Crippen molar-refractivity contribution in [3.63, 3.8) is 0 Å². The Kier molecular flexibility index (Phi) is 5.72. The maximum atomic E-state index is 6.06. The van der Waals surface area contributed by atoms with Crippen LogP contribution in [-0.2, 0) is 29.7 Å². The predicted octanol–water partition coefficient (Wildman–Crippen LogP) is 3.94. The number of pyridine rings is 1. The summed E-state index contributed by atoms with van der Waals surface area (Å²) in [6, 6.07) is 24.3. The first kappa shape index (κ1) is 16.4. The highest BCUT2D eigenvalue weighted by Gasteiger charge is 2.16. The summed E-state index contributed by atoms with van der Waals surface area (Å²) in [7, 11) is 1.99. The minimum atomic E-state index is -0.405. The van der Waals surface area contributed by atoms with Gasteiger partial charge < -0.3 is 9.47 Å². The average Bonchev–Trinajstić information content (AvgIpc) is 2.63. The van der Waals surface area contributed by atoms with Gasteiger partial charge in [-0.05, 0) is 17.2 Å². The van der Waals surface area contributed by atoms with Crippen molar-refractivity contribution in [2.24, 2.45) is 7.05 Å². The van der Waals surface area contributed by atoms with Crippen LogP contribution in [0, 0.1) is 0 Å². The number of rotatable bonds is 7. The minimum absolute atomic E-state index is 0.405. The molecule has 3 aromatic rings. The second-order valence-corrected chi connectivity index (χ2v) is 5.73. The largest absolute Gasteiger partial charge is 0.343 e. The molecule has 0 aliphatic carbocycles. The second kappa shape index (κ2) is 8.39. The van der Waals surface area contributed by atoms with Gasteiger partial charge in [0.15, 0.2) is 18.7 Å².